The highest BCUT2D eigenvalue weighted by molar-refractivity contribution is 6.39. The van der Waals surface area contributed by atoms with Crippen LogP contribution in [0.2, 0.25) is 0 Å². The molecule has 0 aliphatic rings. The SMILES string of the molecule is c1ccc2cc(-c3ccc4c5ccccc5c5c6cc(-c7ccc8ccccc8c7)ccc6c6ccccc6c5c4c3)ccc2c1. The van der Waals surface area contributed by atoms with Crippen LogP contribution in [0, 0.1) is 0 Å². The Balaban J connectivity index is 1.35. The highest BCUT2D eigenvalue weighted by Crippen LogP contribution is 2.45. The van der Waals surface area contributed by atoms with Gasteiger partial charge >= 0.3 is 0 Å². The summed E-state index contributed by atoms with van der Waals surface area (Å²) in [5.74, 6) is 0. The molecule has 0 heteroatoms. The van der Waals surface area contributed by atoms with Gasteiger partial charge in [-0.05, 0) is 122 Å². The largest absolute Gasteiger partial charge is 0.0616 e. The van der Waals surface area contributed by atoms with Crippen LogP contribution in [0.4, 0.5) is 0 Å². The minimum atomic E-state index is 1.24. The Kier molecular flexibility index (Phi) is 5.38. The molecule has 0 aliphatic carbocycles. The van der Waals surface area contributed by atoms with Gasteiger partial charge in [0.05, 0.1) is 0 Å². The van der Waals surface area contributed by atoms with Crippen LogP contribution in [0.15, 0.2) is 170 Å². The normalized spacial score (nSPS) is 11.9. The van der Waals surface area contributed by atoms with E-state index in [-0.39, 0.29) is 0 Å². The van der Waals surface area contributed by atoms with Crippen molar-refractivity contribution in [2.45, 2.75) is 0 Å². The molecular weight excluding hydrogens is 553 g/mol. The van der Waals surface area contributed by atoms with Crippen LogP contribution < -0.4 is 0 Å². The molecule has 0 radical (unpaired) electrons. The predicted molar refractivity (Wildman–Crippen MR) is 200 cm³/mol. The molecule has 0 saturated carbocycles. The van der Waals surface area contributed by atoms with Gasteiger partial charge in [-0.25, -0.2) is 0 Å². The first-order chi connectivity index (χ1) is 22.8. The maximum atomic E-state index is 2.43. The minimum absolute atomic E-state index is 1.24. The summed E-state index contributed by atoms with van der Waals surface area (Å²) in [6.45, 7) is 0. The van der Waals surface area contributed by atoms with Crippen LogP contribution in [0.5, 0.6) is 0 Å². The molecule has 0 aromatic heterocycles. The van der Waals surface area contributed by atoms with E-state index in [9.17, 15) is 0 Å². The molecule has 212 valence electrons. The second-order valence-electron chi connectivity index (χ2n) is 12.5. The fourth-order valence-corrected chi connectivity index (χ4v) is 7.77. The van der Waals surface area contributed by atoms with Gasteiger partial charge in [0.2, 0.25) is 0 Å². The van der Waals surface area contributed by atoms with Crippen LogP contribution >= 0.6 is 0 Å². The van der Waals surface area contributed by atoms with Crippen molar-refractivity contribution >= 4 is 75.4 Å². The van der Waals surface area contributed by atoms with Gasteiger partial charge in [-0.3, -0.25) is 0 Å². The van der Waals surface area contributed by atoms with Crippen LogP contribution in [-0.2, 0) is 0 Å². The molecular formula is C46H28. The summed E-state index contributed by atoms with van der Waals surface area (Å²) in [4.78, 5) is 0. The van der Waals surface area contributed by atoms with E-state index < -0.39 is 0 Å². The smallest absolute Gasteiger partial charge is 0.00137 e. The second kappa shape index (κ2) is 9.76. The number of hydrogen-bond donors (Lipinski definition) is 0. The molecule has 10 aromatic rings. The summed E-state index contributed by atoms with van der Waals surface area (Å²) in [6.07, 6.45) is 0. The first-order valence-corrected chi connectivity index (χ1v) is 16.0. The van der Waals surface area contributed by atoms with Crippen LogP contribution in [0.1, 0.15) is 0 Å². The van der Waals surface area contributed by atoms with E-state index in [1.54, 1.807) is 0 Å². The van der Waals surface area contributed by atoms with Gasteiger partial charge in [0, 0.05) is 0 Å². The van der Waals surface area contributed by atoms with E-state index >= 15 is 0 Å². The van der Waals surface area contributed by atoms with Crippen molar-refractivity contribution in [1.29, 1.82) is 0 Å². The lowest BCUT2D eigenvalue weighted by molar-refractivity contribution is 1.68. The van der Waals surface area contributed by atoms with E-state index in [1.165, 1.54) is 97.7 Å². The molecule has 0 atom stereocenters. The molecule has 0 heterocycles. The number of rotatable bonds is 2. The Hall–Kier alpha value is -5.98. The monoisotopic (exact) mass is 580 g/mol. The Bertz CT molecular complexity index is 2660. The first kappa shape index (κ1) is 25.4. The molecule has 0 nitrogen and oxygen atoms in total. The predicted octanol–water partition coefficient (Wildman–Crippen LogP) is 13.1. The van der Waals surface area contributed by atoms with Crippen molar-refractivity contribution in [3.63, 3.8) is 0 Å². The van der Waals surface area contributed by atoms with Gasteiger partial charge in [-0.1, -0.05) is 146 Å². The lowest BCUT2D eigenvalue weighted by Crippen LogP contribution is -1.90. The first-order valence-electron chi connectivity index (χ1n) is 16.0. The van der Waals surface area contributed by atoms with E-state index in [0.29, 0.717) is 0 Å². The van der Waals surface area contributed by atoms with Crippen LogP contribution in [0.3, 0.4) is 0 Å². The third kappa shape index (κ3) is 3.74. The summed E-state index contributed by atoms with van der Waals surface area (Å²) in [7, 11) is 0. The molecule has 0 unspecified atom stereocenters. The van der Waals surface area contributed by atoms with Gasteiger partial charge in [-0.15, -0.1) is 0 Å². The molecule has 0 bridgehead atoms. The highest BCUT2D eigenvalue weighted by atomic mass is 14.2. The lowest BCUT2D eigenvalue weighted by atomic mass is 9.85. The molecule has 0 saturated heterocycles. The molecule has 10 aromatic carbocycles. The van der Waals surface area contributed by atoms with Crippen molar-refractivity contribution in [2.24, 2.45) is 0 Å². The average molecular weight is 581 g/mol. The van der Waals surface area contributed by atoms with Crippen molar-refractivity contribution in [1.82, 2.24) is 0 Å². The fraction of sp³-hybridized carbons (Fsp3) is 0. The fourth-order valence-electron chi connectivity index (χ4n) is 7.77. The second-order valence-corrected chi connectivity index (χ2v) is 12.5. The van der Waals surface area contributed by atoms with Gasteiger partial charge in [0.25, 0.3) is 0 Å². The average Bonchev–Trinajstić information content (AvgIpc) is 3.13. The summed E-state index contributed by atoms with van der Waals surface area (Å²) in [6, 6.07) is 62.9. The molecule has 0 fully saturated rings. The van der Waals surface area contributed by atoms with E-state index in [0.717, 1.165) is 0 Å². The van der Waals surface area contributed by atoms with Gasteiger partial charge in [-0.2, -0.15) is 0 Å². The zero-order valence-corrected chi connectivity index (χ0v) is 25.2. The highest BCUT2D eigenvalue weighted by Gasteiger charge is 2.17. The van der Waals surface area contributed by atoms with Crippen molar-refractivity contribution in [2.75, 3.05) is 0 Å². The lowest BCUT2D eigenvalue weighted by Gasteiger charge is -2.18. The Labute approximate surface area is 266 Å². The maximum absolute atomic E-state index is 2.43. The van der Waals surface area contributed by atoms with Crippen LogP contribution in [0.25, 0.3) is 97.7 Å². The third-order valence-corrected chi connectivity index (χ3v) is 9.97. The molecule has 0 N–H and O–H groups in total. The maximum Gasteiger partial charge on any atom is -0.00137 e. The molecule has 10 rings (SSSR count). The summed E-state index contributed by atoms with van der Waals surface area (Å²) >= 11 is 0. The quantitative estimate of drug-likeness (QED) is 0.178. The number of hydrogen-bond acceptors (Lipinski definition) is 0. The molecule has 0 aliphatic heterocycles. The van der Waals surface area contributed by atoms with Crippen molar-refractivity contribution < 1.29 is 0 Å². The van der Waals surface area contributed by atoms with Gasteiger partial charge < -0.3 is 0 Å². The van der Waals surface area contributed by atoms with E-state index in [4.69, 9.17) is 0 Å². The van der Waals surface area contributed by atoms with E-state index in [1.807, 2.05) is 0 Å². The van der Waals surface area contributed by atoms with Crippen molar-refractivity contribution in [3.8, 4) is 22.3 Å². The summed E-state index contributed by atoms with van der Waals surface area (Å²) < 4.78 is 0. The standard InChI is InChI=1S/C46H28/c1-3-11-31-25-33(19-17-29(31)9-1)35-21-23-39-37-13-5-8-16-42(37)46-44-28-36(34-20-18-30-10-2-4-12-32(30)26-34)22-24-40(44)38-14-6-7-15-41(38)45(46)43(39)27-35/h1-28H. The minimum Gasteiger partial charge on any atom is -0.0616 e. The van der Waals surface area contributed by atoms with Crippen molar-refractivity contribution in [3.05, 3.63) is 170 Å². The zero-order valence-electron chi connectivity index (χ0n) is 25.2. The Morgan fingerprint density at radius 1 is 0.196 bits per heavy atom. The molecule has 0 spiro atoms. The Morgan fingerprint density at radius 3 is 0.978 bits per heavy atom. The zero-order chi connectivity index (χ0) is 30.2. The summed E-state index contributed by atoms with van der Waals surface area (Å²) in [5.41, 5.74) is 4.96. The number of fused-ring (bicyclic) bond motifs is 13. The third-order valence-electron chi connectivity index (χ3n) is 9.97. The molecule has 0 amide bonds. The van der Waals surface area contributed by atoms with E-state index in [2.05, 4.69) is 170 Å². The Morgan fingerprint density at radius 2 is 0.522 bits per heavy atom. The van der Waals surface area contributed by atoms with Gasteiger partial charge in [0.15, 0.2) is 0 Å². The summed E-state index contributed by atoms with van der Waals surface area (Å²) in [5, 5.41) is 18.1. The topological polar surface area (TPSA) is 0 Å². The number of benzene rings is 10. The van der Waals surface area contributed by atoms with Gasteiger partial charge in [0.1, 0.15) is 0 Å². The van der Waals surface area contributed by atoms with Crippen LogP contribution in [-0.4, -0.2) is 0 Å². The molecule has 46 heavy (non-hydrogen) atoms.